The summed E-state index contributed by atoms with van der Waals surface area (Å²) >= 11 is 0. The number of fused-ring (bicyclic) bond motifs is 1. The molecule has 0 aromatic carbocycles. The van der Waals surface area contributed by atoms with Crippen LogP contribution in [0.1, 0.15) is 11.4 Å². The fourth-order valence-electron chi connectivity index (χ4n) is 1.92. The van der Waals surface area contributed by atoms with E-state index in [1.807, 2.05) is 4.57 Å². The normalized spacial score (nSPS) is 14.9. The lowest BCUT2D eigenvalue weighted by Gasteiger charge is -2.24. The van der Waals surface area contributed by atoms with E-state index in [0.29, 0.717) is 19.7 Å². The number of carbonyl (C=O) groups is 1. The second-order valence-corrected chi connectivity index (χ2v) is 3.78. The molecule has 0 fully saturated rings. The molecule has 1 amide bonds. The van der Waals surface area contributed by atoms with Gasteiger partial charge < -0.3 is 19.3 Å². The molecule has 0 saturated heterocycles. The minimum atomic E-state index is -0.878. The van der Waals surface area contributed by atoms with Crippen LogP contribution in [0.5, 0.6) is 0 Å². The second-order valence-electron chi connectivity index (χ2n) is 3.78. The maximum atomic E-state index is 10.8. The molecule has 0 radical (unpaired) electrons. The van der Waals surface area contributed by atoms with Crippen molar-refractivity contribution in [3.63, 3.8) is 0 Å². The summed E-state index contributed by atoms with van der Waals surface area (Å²) in [6.07, 6.45) is 1.61. The van der Waals surface area contributed by atoms with Gasteiger partial charge in [-0.15, -0.1) is 0 Å². The van der Waals surface area contributed by atoms with E-state index in [9.17, 15) is 4.79 Å². The Morgan fingerprint density at radius 2 is 2.50 bits per heavy atom. The van der Waals surface area contributed by atoms with Gasteiger partial charge in [-0.1, -0.05) is 0 Å². The number of nitrogens with zero attached hydrogens (tertiary/aromatic N) is 3. The minimum Gasteiger partial charge on any atom is -0.465 e. The Kier molecular flexibility index (Phi) is 3.09. The largest absolute Gasteiger partial charge is 0.465 e. The first-order valence-corrected chi connectivity index (χ1v) is 5.22. The van der Waals surface area contributed by atoms with E-state index in [1.165, 1.54) is 4.90 Å². The van der Waals surface area contributed by atoms with Gasteiger partial charge in [0.25, 0.3) is 0 Å². The third-order valence-corrected chi connectivity index (χ3v) is 2.80. The molecule has 6 heteroatoms. The molecule has 16 heavy (non-hydrogen) atoms. The Morgan fingerprint density at radius 1 is 1.69 bits per heavy atom. The van der Waals surface area contributed by atoms with Gasteiger partial charge in [-0.05, 0) is 0 Å². The molecule has 0 saturated carbocycles. The van der Waals surface area contributed by atoms with Gasteiger partial charge in [-0.3, -0.25) is 0 Å². The molecule has 2 heterocycles. The first-order valence-electron chi connectivity index (χ1n) is 5.22. The molecule has 6 nitrogen and oxygen atoms in total. The Labute approximate surface area is 93.4 Å². The van der Waals surface area contributed by atoms with E-state index >= 15 is 0 Å². The van der Waals surface area contributed by atoms with Gasteiger partial charge in [0.15, 0.2) is 0 Å². The highest BCUT2D eigenvalue weighted by Crippen LogP contribution is 2.17. The minimum absolute atomic E-state index is 0.394. The van der Waals surface area contributed by atoms with E-state index in [4.69, 9.17) is 9.84 Å². The first-order chi connectivity index (χ1) is 7.72. The molecule has 2 rings (SSSR count). The lowest BCUT2D eigenvalue weighted by atomic mass is 10.1. The summed E-state index contributed by atoms with van der Waals surface area (Å²) in [5, 5.41) is 8.88. The van der Waals surface area contributed by atoms with Gasteiger partial charge in [-0.25, -0.2) is 9.78 Å². The molecular formula is C10H15N3O3. The van der Waals surface area contributed by atoms with E-state index in [1.54, 1.807) is 13.4 Å². The van der Waals surface area contributed by atoms with Gasteiger partial charge in [0, 0.05) is 32.3 Å². The summed E-state index contributed by atoms with van der Waals surface area (Å²) in [6.45, 7) is 2.35. The molecule has 0 atom stereocenters. The fourth-order valence-corrected chi connectivity index (χ4v) is 1.92. The van der Waals surface area contributed by atoms with Crippen molar-refractivity contribution in [1.82, 2.24) is 14.5 Å². The van der Waals surface area contributed by atoms with Crippen molar-refractivity contribution < 1.29 is 14.6 Å². The van der Waals surface area contributed by atoms with Crippen molar-refractivity contribution >= 4 is 6.09 Å². The van der Waals surface area contributed by atoms with Crippen LogP contribution in [0, 0.1) is 0 Å². The maximum absolute atomic E-state index is 10.8. The van der Waals surface area contributed by atoms with Gasteiger partial charge >= 0.3 is 6.09 Å². The molecule has 1 aromatic heterocycles. The van der Waals surface area contributed by atoms with Gasteiger partial charge in [-0.2, -0.15) is 0 Å². The quantitative estimate of drug-likeness (QED) is 0.816. The summed E-state index contributed by atoms with van der Waals surface area (Å²) in [5.41, 5.74) is 2.00. The van der Waals surface area contributed by atoms with E-state index in [0.717, 1.165) is 24.4 Å². The van der Waals surface area contributed by atoms with Crippen LogP contribution in [-0.4, -0.2) is 45.9 Å². The number of carboxylic acid groups (broad SMARTS) is 1. The maximum Gasteiger partial charge on any atom is 0.407 e. The number of amides is 1. The fraction of sp³-hybridized carbons (Fsp3) is 0.600. The van der Waals surface area contributed by atoms with Crippen molar-refractivity contribution in [3.8, 4) is 0 Å². The van der Waals surface area contributed by atoms with Crippen molar-refractivity contribution in [2.75, 3.05) is 20.3 Å². The zero-order valence-corrected chi connectivity index (χ0v) is 9.22. The number of hydrogen-bond donors (Lipinski definition) is 1. The molecule has 1 aliphatic heterocycles. The SMILES string of the molecule is COCCn1cnc2c1CCN(C(=O)O)C2. The summed E-state index contributed by atoms with van der Waals surface area (Å²) < 4.78 is 7.05. The zero-order chi connectivity index (χ0) is 11.5. The van der Waals surface area contributed by atoms with Gasteiger partial charge in [0.1, 0.15) is 0 Å². The Balaban J connectivity index is 2.10. The van der Waals surface area contributed by atoms with Crippen molar-refractivity contribution in [3.05, 3.63) is 17.7 Å². The number of methoxy groups -OCH3 is 1. The molecule has 0 spiro atoms. The number of rotatable bonds is 3. The number of imidazole rings is 1. The smallest absolute Gasteiger partial charge is 0.407 e. The summed E-state index contributed by atoms with van der Waals surface area (Å²) in [4.78, 5) is 16.4. The molecule has 88 valence electrons. The number of aromatic nitrogens is 2. The number of ether oxygens (including phenoxy) is 1. The molecule has 1 aliphatic rings. The van der Waals surface area contributed by atoms with E-state index in [2.05, 4.69) is 4.98 Å². The van der Waals surface area contributed by atoms with Gasteiger partial charge in [0.05, 0.1) is 25.2 Å². The molecule has 0 bridgehead atoms. The monoisotopic (exact) mass is 225 g/mol. The van der Waals surface area contributed by atoms with E-state index in [-0.39, 0.29) is 0 Å². The molecule has 1 N–H and O–H groups in total. The molecular weight excluding hydrogens is 210 g/mol. The highest BCUT2D eigenvalue weighted by Gasteiger charge is 2.23. The third-order valence-electron chi connectivity index (χ3n) is 2.80. The van der Waals surface area contributed by atoms with Crippen LogP contribution in [0.3, 0.4) is 0 Å². The summed E-state index contributed by atoms with van der Waals surface area (Å²) in [5.74, 6) is 0. The van der Waals surface area contributed by atoms with Crippen LogP contribution in [-0.2, 0) is 24.2 Å². The average molecular weight is 225 g/mol. The van der Waals surface area contributed by atoms with Crippen molar-refractivity contribution in [1.29, 1.82) is 0 Å². The third kappa shape index (κ3) is 2.01. The Morgan fingerprint density at radius 3 is 3.19 bits per heavy atom. The van der Waals surface area contributed by atoms with Crippen molar-refractivity contribution in [2.45, 2.75) is 19.5 Å². The average Bonchev–Trinajstić information content (AvgIpc) is 2.68. The first kappa shape index (κ1) is 10.9. The van der Waals surface area contributed by atoms with Crippen LogP contribution in [0.2, 0.25) is 0 Å². The Hall–Kier alpha value is -1.56. The predicted octanol–water partition coefficient (Wildman–Crippen LogP) is 0.566. The van der Waals surface area contributed by atoms with E-state index < -0.39 is 6.09 Å². The van der Waals surface area contributed by atoms with Crippen LogP contribution in [0.4, 0.5) is 4.79 Å². The lowest BCUT2D eigenvalue weighted by molar-refractivity contribution is 0.138. The summed E-state index contributed by atoms with van der Waals surface area (Å²) in [6, 6.07) is 0. The van der Waals surface area contributed by atoms with Gasteiger partial charge in [0.2, 0.25) is 0 Å². The highest BCUT2D eigenvalue weighted by atomic mass is 16.5. The molecule has 0 unspecified atom stereocenters. The number of hydrogen-bond acceptors (Lipinski definition) is 3. The molecule has 0 aliphatic carbocycles. The molecule has 1 aromatic rings. The lowest BCUT2D eigenvalue weighted by Crippen LogP contribution is -2.35. The second kappa shape index (κ2) is 4.52. The van der Waals surface area contributed by atoms with Crippen LogP contribution < -0.4 is 0 Å². The standard InChI is InChI=1S/C10H15N3O3/c1-16-5-4-13-7-11-8-6-12(10(14)15)3-2-9(8)13/h7H,2-6H2,1H3,(H,14,15). The van der Waals surface area contributed by atoms with Crippen LogP contribution >= 0.6 is 0 Å². The van der Waals surface area contributed by atoms with Crippen LogP contribution in [0.25, 0.3) is 0 Å². The topological polar surface area (TPSA) is 67.6 Å². The highest BCUT2D eigenvalue weighted by molar-refractivity contribution is 5.65. The summed E-state index contributed by atoms with van der Waals surface area (Å²) in [7, 11) is 1.66. The Bertz CT molecular complexity index is 389. The van der Waals surface area contributed by atoms with Crippen molar-refractivity contribution in [2.24, 2.45) is 0 Å². The zero-order valence-electron chi connectivity index (χ0n) is 9.22. The predicted molar refractivity (Wildman–Crippen MR) is 56.2 cm³/mol. The van der Waals surface area contributed by atoms with Crippen LogP contribution in [0.15, 0.2) is 6.33 Å².